The Balaban J connectivity index is 1.67. The Hall–Kier alpha value is -2.62. The topological polar surface area (TPSA) is 69.4 Å². The van der Waals surface area contributed by atoms with Crippen molar-refractivity contribution in [1.82, 2.24) is 3.89 Å². The molecule has 0 bridgehead atoms. The number of rotatable bonds is 7. The van der Waals surface area contributed by atoms with Crippen LogP contribution in [0.15, 0.2) is 72.5 Å². The molecule has 1 aliphatic carbocycles. The number of sulfonamides is 1. The summed E-state index contributed by atoms with van der Waals surface area (Å²) in [4.78, 5) is 0. The second kappa shape index (κ2) is 9.56. The summed E-state index contributed by atoms with van der Waals surface area (Å²) in [5.41, 5.74) is 7.46. The Morgan fingerprint density at radius 1 is 1.03 bits per heavy atom. The quantitative estimate of drug-likeness (QED) is 0.499. The molecule has 2 N–H and O–H groups in total. The van der Waals surface area contributed by atoms with E-state index >= 15 is 0 Å². The first-order chi connectivity index (χ1) is 16.1. The van der Waals surface area contributed by atoms with E-state index in [1.807, 2.05) is 18.2 Å². The molecule has 1 unspecified atom stereocenters. The van der Waals surface area contributed by atoms with Gasteiger partial charge in [0.25, 0.3) is 0 Å². The minimum atomic E-state index is -4.87. The molecule has 1 heterocycles. The summed E-state index contributed by atoms with van der Waals surface area (Å²) in [6.07, 6.45) is 4.20. The van der Waals surface area contributed by atoms with Crippen LogP contribution >= 0.6 is 0 Å². The van der Waals surface area contributed by atoms with Crippen molar-refractivity contribution in [2.45, 2.75) is 37.8 Å². The summed E-state index contributed by atoms with van der Waals surface area (Å²) in [5, 5.41) is 0. The van der Waals surface area contributed by atoms with Crippen LogP contribution in [0.5, 0.6) is 11.5 Å². The van der Waals surface area contributed by atoms with Crippen molar-refractivity contribution in [2.75, 3.05) is 18.8 Å². The summed E-state index contributed by atoms with van der Waals surface area (Å²) in [6.45, 7) is -0.149. The van der Waals surface area contributed by atoms with E-state index < -0.39 is 25.8 Å². The van der Waals surface area contributed by atoms with Gasteiger partial charge < -0.3 is 10.5 Å². The normalized spacial score (nSPS) is 21.5. The molecule has 0 radical (unpaired) electrons. The van der Waals surface area contributed by atoms with Crippen LogP contribution in [0.3, 0.4) is 0 Å². The van der Waals surface area contributed by atoms with E-state index in [0.717, 1.165) is 24.2 Å². The van der Waals surface area contributed by atoms with Crippen molar-refractivity contribution >= 4 is 15.7 Å². The Morgan fingerprint density at radius 2 is 1.71 bits per heavy atom. The number of alkyl halides is 3. The van der Waals surface area contributed by atoms with E-state index in [9.17, 15) is 21.6 Å². The SMILES string of the molecule is NCC1=C[N+](c2ccc(Oc3ccccc3C3CCCC3)cc2)(S(=O)(=O)CC(F)(F)F)CC=C1. The van der Waals surface area contributed by atoms with Crippen LogP contribution in [0.25, 0.3) is 0 Å². The first kappa shape index (κ1) is 24.5. The molecule has 2 aliphatic rings. The lowest BCUT2D eigenvalue weighted by Crippen LogP contribution is -2.54. The average molecular weight is 494 g/mol. The largest absolute Gasteiger partial charge is 0.457 e. The maximum atomic E-state index is 13.2. The summed E-state index contributed by atoms with van der Waals surface area (Å²) in [6, 6.07) is 14.0. The first-order valence-corrected chi connectivity index (χ1v) is 12.9. The van der Waals surface area contributed by atoms with Crippen molar-refractivity contribution < 1.29 is 26.3 Å². The molecule has 2 aromatic rings. The predicted molar refractivity (Wildman–Crippen MR) is 127 cm³/mol. The summed E-state index contributed by atoms with van der Waals surface area (Å²) in [7, 11) is -4.70. The van der Waals surface area contributed by atoms with Crippen LogP contribution in [0.4, 0.5) is 18.9 Å². The molecule has 0 aromatic heterocycles. The minimum absolute atomic E-state index is 0.0111. The fourth-order valence-electron chi connectivity index (χ4n) is 4.74. The molecule has 2 aromatic carbocycles. The molecule has 34 heavy (non-hydrogen) atoms. The van der Waals surface area contributed by atoms with E-state index in [1.54, 1.807) is 24.3 Å². The Labute approximate surface area is 198 Å². The van der Waals surface area contributed by atoms with Crippen molar-refractivity contribution in [3.63, 3.8) is 0 Å². The van der Waals surface area contributed by atoms with Crippen molar-refractivity contribution in [3.8, 4) is 11.5 Å². The lowest BCUT2D eigenvalue weighted by molar-refractivity contribution is -0.106. The number of ether oxygens (including phenoxy) is 1. The molecule has 9 heteroatoms. The maximum Gasteiger partial charge on any atom is 0.408 e. The smallest absolute Gasteiger partial charge is 0.408 e. The molecular formula is C25H28F3N2O3S+. The van der Waals surface area contributed by atoms with Gasteiger partial charge in [-0.2, -0.15) is 25.5 Å². The van der Waals surface area contributed by atoms with Gasteiger partial charge >= 0.3 is 16.2 Å². The van der Waals surface area contributed by atoms with Gasteiger partial charge in [0.2, 0.25) is 0 Å². The van der Waals surface area contributed by atoms with E-state index in [2.05, 4.69) is 6.07 Å². The summed E-state index contributed by atoms with van der Waals surface area (Å²) in [5.74, 6) is -0.273. The van der Waals surface area contributed by atoms with Crippen molar-refractivity contribution in [1.29, 1.82) is 0 Å². The van der Waals surface area contributed by atoms with E-state index in [0.29, 0.717) is 17.2 Å². The first-order valence-electron chi connectivity index (χ1n) is 11.3. The van der Waals surface area contributed by atoms with Gasteiger partial charge in [-0.1, -0.05) is 37.1 Å². The molecule has 0 spiro atoms. The third-order valence-electron chi connectivity index (χ3n) is 6.38. The molecule has 0 saturated heterocycles. The van der Waals surface area contributed by atoms with Crippen molar-refractivity contribution in [2.24, 2.45) is 5.73 Å². The highest BCUT2D eigenvalue weighted by atomic mass is 32.2. The molecule has 1 saturated carbocycles. The number of nitrogens with zero attached hydrogens (tertiary/aromatic N) is 1. The molecule has 5 nitrogen and oxygen atoms in total. The van der Waals surface area contributed by atoms with Gasteiger partial charge in [-0.3, -0.25) is 0 Å². The molecule has 1 fully saturated rings. The van der Waals surface area contributed by atoms with E-state index in [-0.39, 0.29) is 18.8 Å². The Kier molecular flexibility index (Phi) is 6.89. The number of para-hydroxylation sites is 1. The molecule has 1 aliphatic heterocycles. The second-order valence-corrected chi connectivity index (χ2v) is 10.8. The fraction of sp³-hybridized carbons (Fsp3) is 0.360. The van der Waals surface area contributed by atoms with Gasteiger partial charge in [0.1, 0.15) is 24.2 Å². The molecule has 4 rings (SSSR count). The molecule has 182 valence electrons. The maximum absolute atomic E-state index is 13.2. The van der Waals surface area contributed by atoms with Crippen LogP contribution in [-0.4, -0.2) is 33.4 Å². The number of quaternary nitrogens is 1. The highest BCUT2D eigenvalue weighted by molar-refractivity contribution is 7.91. The van der Waals surface area contributed by atoms with Gasteiger partial charge in [-0.15, -0.1) is 0 Å². The van der Waals surface area contributed by atoms with Crippen LogP contribution in [0.2, 0.25) is 0 Å². The van der Waals surface area contributed by atoms with Crippen LogP contribution < -0.4 is 14.4 Å². The van der Waals surface area contributed by atoms with Crippen molar-refractivity contribution in [3.05, 3.63) is 78.0 Å². The lowest BCUT2D eigenvalue weighted by atomic mass is 9.97. The van der Waals surface area contributed by atoms with Gasteiger partial charge in [0.05, 0.1) is 0 Å². The van der Waals surface area contributed by atoms with E-state index in [4.69, 9.17) is 10.5 Å². The predicted octanol–water partition coefficient (Wildman–Crippen LogP) is 5.75. The van der Waals surface area contributed by atoms with Gasteiger partial charge in [0.15, 0.2) is 11.4 Å². The average Bonchev–Trinajstić information content (AvgIpc) is 3.33. The number of benzene rings is 2. The highest BCUT2D eigenvalue weighted by Crippen LogP contribution is 2.41. The second-order valence-electron chi connectivity index (χ2n) is 8.75. The lowest BCUT2D eigenvalue weighted by Gasteiger charge is -2.34. The zero-order valence-corrected chi connectivity index (χ0v) is 19.5. The third-order valence-corrected chi connectivity index (χ3v) is 8.53. The fourth-order valence-corrected chi connectivity index (χ4v) is 6.44. The van der Waals surface area contributed by atoms with Crippen LogP contribution in [-0.2, 0) is 10.0 Å². The number of hydrogen-bond donors (Lipinski definition) is 1. The van der Waals surface area contributed by atoms with Crippen LogP contribution in [0.1, 0.15) is 37.2 Å². The standard InChI is InChI=1S/C25H28F3N2O3S/c26-25(27,28)18-34(31,32)30(15-5-6-19(16-29)17-30)21-11-13-22(14-12-21)33-24-10-4-3-9-23(24)20-7-1-2-8-20/h3-6,9-14,17,20H,1-2,7-8,15-16,18,29H2/q+1. The van der Waals surface area contributed by atoms with Gasteiger partial charge in [-0.05, 0) is 48.6 Å². The Morgan fingerprint density at radius 3 is 2.35 bits per heavy atom. The van der Waals surface area contributed by atoms with Gasteiger partial charge in [-0.25, -0.2) is 0 Å². The Bertz CT molecular complexity index is 1180. The van der Waals surface area contributed by atoms with Crippen LogP contribution in [0, 0.1) is 0 Å². The number of nitrogens with two attached hydrogens (primary N) is 1. The molecular weight excluding hydrogens is 465 g/mol. The van der Waals surface area contributed by atoms with Gasteiger partial charge in [0, 0.05) is 24.3 Å². The van der Waals surface area contributed by atoms with E-state index in [1.165, 1.54) is 31.2 Å². The summed E-state index contributed by atoms with van der Waals surface area (Å²) >= 11 is 0. The summed E-state index contributed by atoms with van der Waals surface area (Å²) < 4.78 is 70.8. The monoisotopic (exact) mass is 493 g/mol. The zero-order valence-electron chi connectivity index (χ0n) is 18.7. The minimum Gasteiger partial charge on any atom is -0.457 e. The molecule has 1 atom stereocenters. The zero-order chi connectivity index (χ0) is 24.4. The molecule has 0 amide bonds. The highest BCUT2D eigenvalue weighted by Gasteiger charge is 2.50. The third kappa shape index (κ3) is 5.06. The number of halogens is 3. The number of hydrogen-bond acceptors (Lipinski definition) is 4.